The van der Waals surface area contributed by atoms with Crippen LogP contribution >= 0.6 is 0 Å². The molecule has 0 unspecified atom stereocenters. The average molecular weight is 302 g/mol. The van der Waals surface area contributed by atoms with Crippen molar-refractivity contribution >= 4 is 11.6 Å². The summed E-state index contributed by atoms with van der Waals surface area (Å²) in [6.07, 6.45) is 1.64. The smallest absolute Gasteiger partial charge is 0.194 e. The summed E-state index contributed by atoms with van der Waals surface area (Å²) < 4.78 is 0. The summed E-state index contributed by atoms with van der Waals surface area (Å²) in [5.41, 5.74) is 2.51. The second-order valence-electron chi connectivity index (χ2n) is 5.44. The Bertz CT molecular complexity index is 768. The highest BCUT2D eigenvalue weighted by Crippen LogP contribution is 2.15. The Morgan fingerprint density at radius 1 is 0.870 bits per heavy atom. The molecule has 0 aliphatic carbocycles. The third kappa shape index (κ3) is 3.64. The maximum Gasteiger partial charge on any atom is 0.194 e. The number of carbonyl (C=O) groups is 1. The summed E-state index contributed by atoms with van der Waals surface area (Å²) in [5.74, 6) is 0.842. The summed E-state index contributed by atoms with van der Waals surface area (Å²) in [6, 6.07) is 23.2. The van der Waals surface area contributed by atoms with Gasteiger partial charge in [0.2, 0.25) is 0 Å². The molecule has 0 aliphatic heterocycles. The van der Waals surface area contributed by atoms with Gasteiger partial charge in [-0.15, -0.1) is 0 Å². The van der Waals surface area contributed by atoms with Crippen LogP contribution in [0.2, 0.25) is 0 Å². The van der Waals surface area contributed by atoms with Gasteiger partial charge in [-0.25, -0.2) is 4.98 Å². The van der Waals surface area contributed by atoms with E-state index in [2.05, 4.69) is 22.0 Å². The van der Waals surface area contributed by atoms with Crippen molar-refractivity contribution in [2.75, 3.05) is 11.9 Å². The lowest BCUT2D eigenvalue weighted by atomic mass is 10.1. The summed E-state index contributed by atoms with van der Waals surface area (Å²) in [5, 5.41) is 0. The molecule has 0 saturated carbocycles. The van der Waals surface area contributed by atoms with Gasteiger partial charge in [0, 0.05) is 30.9 Å². The highest BCUT2D eigenvalue weighted by Gasteiger charge is 2.10. The van der Waals surface area contributed by atoms with E-state index in [1.165, 1.54) is 5.56 Å². The average Bonchev–Trinajstić information content (AvgIpc) is 2.63. The fourth-order valence-electron chi connectivity index (χ4n) is 2.44. The third-order valence-corrected chi connectivity index (χ3v) is 3.70. The van der Waals surface area contributed by atoms with E-state index in [-0.39, 0.29) is 5.78 Å². The van der Waals surface area contributed by atoms with Crippen molar-refractivity contribution in [3.63, 3.8) is 0 Å². The van der Waals surface area contributed by atoms with Crippen LogP contribution < -0.4 is 4.90 Å². The van der Waals surface area contributed by atoms with E-state index in [1.54, 1.807) is 6.20 Å². The molecule has 0 N–H and O–H groups in total. The Balaban J connectivity index is 1.73. The number of nitrogens with zero attached hydrogens (tertiary/aromatic N) is 2. The molecule has 0 bridgehead atoms. The van der Waals surface area contributed by atoms with Gasteiger partial charge in [0.05, 0.1) is 0 Å². The van der Waals surface area contributed by atoms with Gasteiger partial charge < -0.3 is 4.90 Å². The van der Waals surface area contributed by atoms with Gasteiger partial charge in [0.1, 0.15) is 5.82 Å². The topological polar surface area (TPSA) is 33.2 Å². The molecule has 0 amide bonds. The number of rotatable bonds is 5. The van der Waals surface area contributed by atoms with E-state index in [0.717, 1.165) is 12.4 Å². The molecule has 1 heterocycles. The number of anilines is 1. The van der Waals surface area contributed by atoms with E-state index in [4.69, 9.17) is 0 Å². The predicted molar refractivity (Wildman–Crippen MR) is 92.7 cm³/mol. The van der Waals surface area contributed by atoms with Gasteiger partial charge >= 0.3 is 0 Å². The van der Waals surface area contributed by atoms with Crippen LogP contribution in [-0.2, 0) is 6.54 Å². The van der Waals surface area contributed by atoms with Crippen molar-refractivity contribution < 1.29 is 4.79 Å². The van der Waals surface area contributed by atoms with Gasteiger partial charge in [-0.05, 0) is 17.7 Å². The van der Waals surface area contributed by atoms with Crippen LogP contribution in [0.15, 0.2) is 79.0 Å². The first-order valence-electron chi connectivity index (χ1n) is 7.55. The van der Waals surface area contributed by atoms with Gasteiger partial charge in [0.25, 0.3) is 0 Å². The lowest BCUT2D eigenvalue weighted by Gasteiger charge is -2.18. The van der Waals surface area contributed by atoms with Crippen LogP contribution in [0.1, 0.15) is 21.5 Å². The van der Waals surface area contributed by atoms with Crippen LogP contribution in [-0.4, -0.2) is 17.8 Å². The summed E-state index contributed by atoms with van der Waals surface area (Å²) >= 11 is 0. The number of pyridine rings is 1. The van der Waals surface area contributed by atoms with E-state index >= 15 is 0 Å². The Labute approximate surface area is 136 Å². The van der Waals surface area contributed by atoms with Crippen LogP contribution in [0.5, 0.6) is 0 Å². The molecule has 3 heteroatoms. The van der Waals surface area contributed by atoms with E-state index in [1.807, 2.05) is 67.7 Å². The Morgan fingerprint density at radius 2 is 1.52 bits per heavy atom. The van der Waals surface area contributed by atoms with Gasteiger partial charge in [-0.1, -0.05) is 60.7 Å². The molecule has 3 aromatic rings. The Kier molecular flexibility index (Phi) is 4.48. The molecule has 0 atom stereocenters. The fraction of sp³-hybridized carbons (Fsp3) is 0.100. The number of benzene rings is 2. The van der Waals surface area contributed by atoms with Gasteiger partial charge in [-0.3, -0.25) is 4.79 Å². The second-order valence-corrected chi connectivity index (χ2v) is 5.44. The van der Waals surface area contributed by atoms with Crippen molar-refractivity contribution in [1.29, 1.82) is 0 Å². The molecule has 0 spiro atoms. The minimum absolute atomic E-state index is 0.00429. The lowest BCUT2D eigenvalue weighted by Crippen LogP contribution is -2.17. The quantitative estimate of drug-likeness (QED) is 0.669. The molecule has 0 saturated heterocycles. The monoisotopic (exact) mass is 302 g/mol. The third-order valence-electron chi connectivity index (χ3n) is 3.70. The maximum absolute atomic E-state index is 12.4. The van der Waals surface area contributed by atoms with E-state index in [0.29, 0.717) is 11.1 Å². The van der Waals surface area contributed by atoms with Gasteiger partial charge in [-0.2, -0.15) is 0 Å². The second kappa shape index (κ2) is 6.88. The zero-order valence-electron chi connectivity index (χ0n) is 13.0. The van der Waals surface area contributed by atoms with Crippen LogP contribution in [0, 0.1) is 0 Å². The van der Waals surface area contributed by atoms with Crippen molar-refractivity contribution in [3.05, 3.63) is 95.7 Å². The van der Waals surface area contributed by atoms with E-state index < -0.39 is 0 Å². The number of aromatic nitrogens is 1. The number of carbonyl (C=O) groups excluding carboxylic acids is 1. The summed E-state index contributed by atoms with van der Waals surface area (Å²) in [4.78, 5) is 18.9. The zero-order valence-corrected chi connectivity index (χ0v) is 13.0. The summed E-state index contributed by atoms with van der Waals surface area (Å²) in [6.45, 7) is 0.778. The SMILES string of the molecule is CN(Cc1ccccc1)c1ccc(C(=O)c2ccccc2)cn1. The normalized spacial score (nSPS) is 10.3. The van der Waals surface area contributed by atoms with Crippen molar-refractivity contribution in [3.8, 4) is 0 Å². The summed E-state index contributed by atoms with van der Waals surface area (Å²) in [7, 11) is 1.99. The minimum Gasteiger partial charge on any atom is -0.355 e. The maximum atomic E-state index is 12.4. The van der Waals surface area contributed by atoms with Crippen molar-refractivity contribution in [2.45, 2.75) is 6.54 Å². The molecule has 0 aliphatic rings. The standard InChI is InChI=1S/C20H18N2O/c1-22(15-16-8-4-2-5-9-16)19-13-12-18(14-21-19)20(23)17-10-6-3-7-11-17/h2-14H,15H2,1H3. The lowest BCUT2D eigenvalue weighted by molar-refractivity contribution is 0.103. The zero-order chi connectivity index (χ0) is 16.1. The first-order chi connectivity index (χ1) is 11.2. The number of hydrogen-bond donors (Lipinski definition) is 0. The fourth-order valence-corrected chi connectivity index (χ4v) is 2.44. The van der Waals surface area contributed by atoms with Crippen LogP contribution in [0.25, 0.3) is 0 Å². The molecule has 114 valence electrons. The van der Waals surface area contributed by atoms with Crippen LogP contribution in [0.3, 0.4) is 0 Å². The molecule has 0 fully saturated rings. The highest BCUT2D eigenvalue weighted by atomic mass is 16.1. The molecular weight excluding hydrogens is 284 g/mol. The van der Waals surface area contributed by atoms with Crippen molar-refractivity contribution in [2.24, 2.45) is 0 Å². The molecule has 3 nitrogen and oxygen atoms in total. The highest BCUT2D eigenvalue weighted by molar-refractivity contribution is 6.08. The molecule has 3 rings (SSSR count). The Morgan fingerprint density at radius 3 is 2.13 bits per heavy atom. The molecule has 23 heavy (non-hydrogen) atoms. The molecule has 2 aromatic carbocycles. The number of ketones is 1. The Hall–Kier alpha value is -2.94. The number of hydrogen-bond acceptors (Lipinski definition) is 3. The van der Waals surface area contributed by atoms with Crippen LogP contribution in [0.4, 0.5) is 5.82 Å². The minimum atomic E-state index is -0.00429. The predicted octanol–water partition coefficient (Wildman–Crippen LogP) is 3.95. The van der Waals surface area contributed by atoms with E-state index in [9.17, 15) is 4.79 Å². The molecule has 0 radical (unpaired) electrons. The first-order valence-corrected chi connectivity index (χ1v) is 7.55. The molecular formula is C20H18N2O. The first kappa shape index (κ1) is 15.0. The van der Waals surface area contributed by atoms with Crippen molar-refractivity contribution in [1.82, 2.24) is 4.98 Å². The molecule has 1 aromatic heterocycles. The largest absolute Gasteiger partial charge is 0.355 e. The van der Waals surface area contributed by atoms with Gasteiger partial charge in [0.15, 0.2) is 5.78 Å².